The van der Waals surface area contributed by atoms with Crippen LogP contribution in [-0.2, 0) is 17.9 Å². The molecule has 0 unspecified atom stereocenters. The van der Waals surface area contributed by atoms with Crippen LogP contribution >= 0.6 is 0 Å². The van der Waals surface area contributed by atoms with Gasteiger partial charge in [-0.3, -0.25) is 4.79 Å². The van der Waals surface area contributed by atoms with Gasteiger partial charge in [-0.1, -0.05) is 25.1 Å². The average molecular weight is 429 g/mol. The molecule has 0 radical (unpaired) electrons. The first kappa shape index (κ1) is 22.5. The highest BCUT2D eigenvalue weighted by Crippen LogP contribution is 2.14. The molecule has 1 aromatic carbocycles. The normalized spacial score (nSPS) is 14.2. The van der Waals surface area contributed by atoms with Gasteiger partial charge in [-0.15, -0.1) is 0 Å². The lowest BCUT2D eigenvalue weighted by atomic mass is 10.2. The van der Waals surface area contributed by atoms with Crippen molar-refractivity contribution in [1.82, 2.24) is 25.8 Å². The van der Waals surface area contributed by atoms with Gasteiger partial charge in [0.2, 0.25) is 5.91 Å². The number of hydrogen-bond donors (Lipinski definition) is 3. The van der Waals surface area contributed by atoms with Gasteiger partial charge in [-0.25, -0.2) is 14.2 Å². The van der Waals surface area contributed by atoms with Gasteiger partial charge in [0.15, 0.2) is 0 Å². The van der Waals surface area contributed by atoms with E-state index in [0.717, 1.165) is 49.7 Å². The van der Waals surface area contributed by atoms with E-state index in [0.29, 0.717) is 6.54 Å². The minimum atomic E-state index is -0.464. The van der Waals surface area contributed by atoms with Crippen molar-refractivity contribution in [3.63, 3.8) is 0 Å². The van der Waals surface area contributed by atoms with Crippen LogP contribution < -0.4 is 20.9 Å². The van der Waals surface area contributed by atoms with Crippen LogP contribution in [0.15, 0.2) is 42.6 Å². The Morgan fingerprint density at radius 2 is 1.61 bits per heavy atom. The Morgan fingerprint density at radius 3 is 2.26 bits per heavy atom. The number of aromatic nitrogens is 1. The van der Waals surface area contributed by atoms with Gasteiger partial charge in [0, 0.05) is 45.5 Å². The Labute approximate surface area is 181 Å². The fourth-order valence-electron chi connectivity index (χ4n) is 3.27. The number of piperazine rings is 1. The largest absolute Gasteiger partial charge is 0.354 e. The number of pyridine rings is 1. The van der Waals surface area contributed by atoms with E-state index in [-0.39, 0.29) is 24.8 Å². The number of carbonyl (C=O) groups excluding carboxylic acids is 2. The molecule has 2 aromatic rings. The lowest BCUT2D eigenvalue weighted by Gasteiger charge is -2.34. The SMILES string of the molecule is CCN1CCN(c2ccc(CNC(=O)CNC(=O)NCc3ccc(F)cc3)cn2)CC1. The highest BCUT2D eigenvalue weighted by Gasteiger charge is 2.16. The molecule has 31 heavy (non-hydrogen) atoms. The Kier molecular flexibility index (Phi) is 8.17. The maximum atomic E-state index is 12.9. The summed E-state index contributed by atoms with van der Waals surface area (Å²) in [4.78, 5) is 33.0. The van der Waals surface area contributed by atoms with Gasteiger partial charge >= 0.3 is 6.03 Å². The van der Waals surface area contributed by atoms with E-state index in [1.54, 1.807) is 18.3 Å². The molecule has 1 saturated heterocycles. The van der Waals surface area contributed by atoms with Crippen molar-refractivity contribution in [2.24, 2.45) is 0 Å². The van der Waals surface area contributed by atoms with Crippen LogP contribution in [-0.4, -0.2) is 61.1 Å². The van der Waals surface area contributed by atoms with Crippen LogP contribution in [0.1, 0.15) is 18.1 Å². The van der Waals surface area contributed by atoms with E-state index in [1.807, 2.05) is 12.1 Å². The minimum Gasteiger partial charge on any atom is -0.354 e. The van der Waals surface area contributed by atoms with E-state index >= 15 is 0 Å². The van der Waals surface area contributed by atoms with Gasteiger partial charge in [0.05, 0.1) is 6.54 Å². The highest BCUT2D eigenvalue weighted by molar-refractivity contribution is 5.83. The van der Waals surface area contributed by atoms with Crippen LogP contribution in [0, 0.1) is 5.82 Å². The second-order valence-electron chi connectivity index (χ2n) is 7.39. The standard InChI is InChI=1S/C22H29FN6O2/c1-2-28-9-11-29(12-10-28)20-8-5-18(14-24-20)15-25-21(30)16-27-22(31)26-13-17-3-6-19(23)7-4-17/h3-8,14H,2,9-13,15-16H2,1H3,(H,25,30)(H2,26,27,31). The number of rotatable bonds is 8. The Morgan fingerprint density at radius 1 is 0.935 bits per heavy atom. The third-order valence-corrected chi connectivity index (χ3v) is 5.22. The Balaban J connectivity index is 1.33. The number of likely N-dealkylation sites (N-methyl/N-ethyl adjacent to an activating group) is 1. The van der Waals surface area contributed by atoms with Gasteiger partial charge < -0.3 is 25.8 Å². The number of nitrogens with zero attached hydrogens (tertiary/aromatic N) is 3. The summed E-state index contributed by atoms with van der Waals surface area (Å²) >= 11 is 0. The summed E-state index contributed by atoms with van der Waals surface area (Å²) in [6.45, 7) is 7.71. The molecule has 1 fully saturated rings. The van der Waals surface area contributed by atoms with Crippen LogP contribution in [0.3, 0.4) is 0 Å². The van der Waals surface area contributed by atoms with Crippen molar-refractivity contribution in [2.75, 3.05) is 44.2 Å². The number of nitrogens with one attached hydrogen (secondary N) is 3. The fraction of sp³-hybridized carbons (Fsp3) is 0.409. The topological polar surface area (TPSA) is 89.6 Å². The molecular weight excluding hydrogens is 399 g/mol. The zero-order valence-electron chi connectivity index (χ0n) is 17.7. The third kappa shape index (κ3) is 7.21. The van der Waals surface area contributed by atoms with Crippen LogP contribution in [0.5, 0.6) is 0 Å². The van der Waals surface area contributed by atoms with Crippen molar-refractivity contribution >= 4 is 17.8 Å². The Hall–Kier alpha value is -3.20. The number of hydrogen-bond acceptors (Lipinski definition) is 5. The molecule has 0 aliphatic carbocycles. The third-order valence-electron chi connectivity index (χ3n) is 5.22. The lowest BCUT2D eigenvalue weighted by Crippen LogP contribution is -2.46. The molecule has 0 saturated carbocycles. The second kappa shape index (κ2) is 11.3. The number of benzene rings is 1. The fourth-order valence-corrected chi connectivity index (χ4v) is 3.27. The summed E-state index contributed by atoms with van der Waals surface area (Å²) in [5.41, 5.74) is 1.66. The smallest absolute Gasteiger partial charge is 0.315 e. The van der Waals surface area contributed by atoms with E-state index in [1.165, 1.54) is 12.1 Å². The molecular formula is C22H29FN6O2. The molecule has 9 heteroatoms. The highest BCUT2D eigenvalue weighted by atomic mass is 19.1. The number of anilines is 1. The van der Waals surface area contributed by atoms with E-state index < -0.39 is 6.03 Å². The van der Waals surface area contributed by atoms with Gasteiger partial charge in [0.25, 0.3) is 0 Å². The second-order valence-corrected chi connectivity index (χ2v) is 7.39. The van der Waals surface area contributed by atoms with Gasteiger partial charge in [-0.2, -0.15) is 0 Å². The predicted octanol–water partition coefficient (Wildman–Crippen LogP) is 1.48. The van der Waals surface area contributed by atoms with Gasteiger partial charge in [0.1, 0.15) is 11.6 Å². The van der Waals surface area contributed by atoms with Crippen molar-refractivity contribution < 1.29 is 14.0 Å². The first-order valence-electron chi connectivity index (χ1n) is 10.5. The molecule has 166 valence electrons. The minimum absolute atomic E-state index is 0.136. The molecule has 2 heterocycles. The number of amides is 3. The zero-order chi connectivity index (χ0) is 22.1. The molecule has 8 nitrogen and oxygen atoms in total. The maximum Gasteiger partial charge on any atom is 0.315 e. The van der Waals surface area contributed by atoms with Crippen molar-refractivity contribution in [3.8, 4) is 0 Å². The average Bonchev–Trinajstić information content (AvgIpc) is 2.81. The van der Waals surface area contributed by atoms with Crippen molar-refractivity contribution in [2.45, 2.75) is 20.0 Å². The summed E-state index contributed by atoms with van der Waals surface area (Å²) in [5, 5.41) is 7.88. The molecule has 3 amide bonds. The number of carbonyl (C=O) groups is 2. The molecule has 1 aromatic heterocycles. The first-order chi connectivity index (χ1) is 15.0. The maximum absolute atomic E-state index is 12.9. The molecule has 3 rings (SSSR count). The summed E-state index contributed by atoms with van der Waals surface area (Å²) in [6.07, 6.45) is 1.77. The quantitative estimate of drug-likeness (QED) is 0.593. The van der Waals surface area contributed by atoms with Crippen LogP contribution in [0.2, 0.25) is 0 Å². The molecule has 1 aliphatic rings. The lowest BCUT2D eigenvalue weighted by molar-refractivity contribution is -0.120. The van der Waals surface area contributed by atoms with E-state index in [2.05, 4.69) is 37.7 Å². The summed E-state index contributed by atoms with van der Waals surface area (Å²) < 4.78 is 12.9. The summed E-state index contributed by atoms with van der Waals surface area (Å²) in [5.74, 6) is 0.326. The van der Waals surface area contributed by atoms with Crippen molar-refractivity contribution in [1.29, 1.82) is 0 Å². The number of halogens is 1. The monoisotopic (exact) mass is 428 g/mol. The van der Waals surface area contributed by atoms with E-state index in [4.69, 9.17) is 0 Å². The van der Waals surface area contributed by atoms with Crippen molar-refractivity contribution in [3.05, 3.63) is 59.5 Å². The summed E-state index contributed by atoms with van der Waals surface area (Å²) in [7, 11) is 0. The zero-order valence-corrected chi connectivity index (χ0v) is 17.7. The molecule has 1 aliphatic heterocycles. The predicted molar refractivity (Wildman–Crippen MR) is 117 cm³/mol. The van der Waals surface area contributed by atoms with Crippen LogP contribution in [0.25, 0.3) is 0 Å². The first-order valence-corrected chi connectivity index (χ1v) is 10.5. The van der Waals surface area contributed by atoms with Crippen LogP contribution in [0.4, 0.5) is 15.0 Å². The summed E-state index contributed by atoms with van der Waals surface area (Å²) in [6, 6.07) is 9.31. The van der Waals surface area contributed by atoms with E-state index in [9.17, 15) is 14.0 Å². The Bertz CT molecular complexity index is 851. The molecule has 3 N–H and O–H groups in total. The molecule has 0 atom stereocenters. The number of urea groups is 1. The van der Waals surface area contributed by atoms with Gasteiger partial charge in [-0.05, 0) is 35.9 Å². The molecule has 0 bridgehead atoms. The molecule has 0 spiro atoms.